The summed E-state index contributed by atoms with van der Waals surface area (Å²) in [6, 6.07) is 9.27. The second kappa shape index (κ2) is 7.75. The number of hydrogen-bond donors (Lipinski definition) is 1. The highest BCUT2D eigenvalue weighted by Gasteiger charge is 2.02. The minimum Gasteiger partial charge on any atom is -0.310 e. The molecule has 0 heterocycles. The summed E-state index contributed by atoms with van der Waals surface area (Å²) in [5.74, 6) is 1.28. The lowest BCUT2D eigenvalue weighted by atomic mass is 10.1. The van der Waals surface area contributed by atoms with Crippen LogP contribution in [-0.2, 0) is 0 Å². The van der Waals surface area contributed by atoms with Crippen molar-refractivity contribution in [2.24, 2.45) is 0 Å². The van der Waals surface area contributed by atoms with Crippen LogP contribution in [0.1, 0.15) is 36.9 Å². The minimum atomic E-state index is 0.467. The molecular weight excluding hydrogens is 214 g/mol. The molecule has 1 unspecified atom stereocenters. The van der Waals surface area contributed by atoms with E-state index in [0.717, 1.165) is 6.54 Å². The second-order valence-electron chi connectivity index (χ2n) is 4.29. The van der Waals surface area contributed by atoms with Crippen LogP contribution in [-0.4, -0.2) is 18.6 Å². The number of thioether (sulfide) groups is 1. The molecule has 1 N–H and O–H groups in total. The largest absolute Gasteiger partial charge is 0.310 e. The third kappa shape index (κ3) is 5.04. The molecule has 0 saturated heterocycles. The normalized spacial score (nSPS) is 12.7. The molecule has 0 bridgehead atoms. The van der Waals surface area contributed by atoms with Crippen molar-refractivity contribution in [1.82, 2.24) is 5.32 Å². The van der Waals surface area contributed by atoms with Gasteiger partial charge in [0.15, 0.2) is 0 Å². The molecule has 1 aromatic carbocycles. The summed E-state index contributed by atoms with van der Waals surface area (Å²) >= 11 is 1.93. The number of unbranched alkanes of at least 4 members (excludes halogenated alkanes) is 1. The predicted octanol–water partition coefficient (Wildman–Crippen LogP) is 3.79. The van der Waals surface area contributed by atoms with E-state index < -0.39 is 0 Å². The molecule has 0 radical (unpaired) electrons. The Bertz CT molecular complexity index is 281. The zero-order valence-corrected chi connectivity index (χ0v) is 11.4. The van der Waals surface area contributed by atoms with Gasteiger partial charge in [0.25, 0.3) is 0 Å². The Morgan fingerprint density at radius 3 is 2.50 bits per heavy atom. The summed E-state index contributed by atoms with van der Waals surface area (Å²) in [5.41, 5.74) is 2.71. The fraction of sp³-hybridized carbons (Fsp3) is 0.571. The van der Waals surface area contributed by atoms with E-state index in [9.17, 15) is 0 Å². The average Bonchev–Trinajstić information content (AvgIpc) is 2.29. The molecule has 2 heteroatoms. The molecule has 0 spiro atoms. The van der Waals surface area contributed by atoms with Gasteiger partial charge in [0.05, 0.1) is 0 Å². The maximum Gasteiger partial charge on any atom is 0.0291 e. The van der Waals surface area contributed by atoms with Crippen molar-refractivity contribution in [3.8, 4) is 0 Å². The number of aryl methyl sites for hydroxylation is 1. The minimum absolute atomic E-state index is 0.467. The third-order valence-electron chi connectivity index (χ3n) is 2.80. The van der Waals surface area contributed by atoms with Gasteiger partial charge in [-0.2, -0.15) is 11.8 Å². The molecule has 16 heavy (non-hydrogen) atoms. The summed E-state index contributed by atoms with van der Waals surface area (Å²) in [7, 11) is 0. The van der Waals surface area contributed by atoms with Crippen molar-refractivity contribution < 1.29 is 0 Å². The van der Waals surface area contributed by atoms with E-state index in [1.54, 1.807) is 0 Å². The smallest absolute Gasteiger partial charge is 0.0291 e. The highest BCUT2D eigenvalue weighted by atomic mass is 32.2. The van der Waals surface area contributed by atoms with Crippen LogP contribution in [0, 0.1) is 6.92 Å². The zero-order valence-electron chi connectivity index (χ0n) is 10.6. The molecule has 0 fully saturated rings. The Hall–Kier alpha value is -0.470. The van der Waals surface area contributed by atoms with Crippen LogP contribution in [0.4, 0.5) is 0 Å². The first-order valence-corrected chi connectivity index (χ1v) is 7.42. The first-order chi connectivity index (χ1) is 7.74. The maximum atomic E-state index is 3.57. The quantitative estimate of drug-likeness (QED) is 0.724. The highest BCUT2D eigenvalue weighted by molar-refractivity contribution is 7.98. The van der Waals surface area contributed by atoms with Gasteiger partial charge in [-0.3, -0.25) is 0 Å². The van der Waals surface area contributed by atoms with Gasteiger partial charge in [0.2, 0.25) is 0 Å². The van der Waals surface area contributed by atoms with Crippen molar-refractivity contribution in [3.63, 3.8) is 0 Å². The van der Waals surface area contributed by atoms with Gasteiger partial charge in [0, 0.05) is 6.04 Å². The van der Waals surface area contributed by atoms with Gasteiger partial charge in [-0.15, -0.1) is 0 Å². The molecular formula is C14H23NS. The van der Waals surface area contributed by atoms with Crippen LogP contribution in [0.25, 0.3) is 0 Å². The van der Waals surface area contributed by atoms with Gasteiger partial charge < -0.3 is 5.32 Å². The fourth-order valence-corrected chi connectivity index (χ4v) is 2.16. The molecule has 0 aromatic heterocycles. The number of hydrogen-bond acceptors (Lipinski definition) is 2. The van der Waals surface area contributed by atoms with Gasteiger partial charge in [-0.25, -0.2) is 0 Å². The highest BCUT2D eigenvalue weighted by Crippen LogP contribution is 2.12. The molecule has 0 saturated carbocycles. The molecule has 1 nitrogen and oxygen atoms in total. The van der Waals surface area contributed by atoms with E-state index in [1.165, 1.54) is 29.7 Å². The number of benzene rings is 1. The number of nitrogens with one attached hydrogen (secondary N) is 1. The second-order valence-corrected chi connectivity index (χ2v) is 5.27. The Morgan fingerprint density at radius 2 is 1.88 bits per heavy atom. The lowest BCUT2D eigenvalue weighted by Crippen LogP contribution is -2.19. The van der Waals surface area contributed by atoms with E-state index in [-0.39, 0.29) is 0 Å². The van der Waals surface area contributed by atoms with Crippen LogP contribution in [0.5, 0.6) is 0 Å². The Labute approximate surface area is 104 Å². The molecule has 90 valence electrons. The summed E-state index contributed by atoms with van der Waals surface area (Å²) in [4.78, 5) is 0. The molecule has 1 aromatic rings. The molecule has 0 aliphatic carbocycles. The fourth-order valence-electron chi connectivity index (χ4n) is 1.66. The summed E-state index contributed by atoms with van der Waals surface area (Å²) in [6.45, 7) is 5.49. The molecule has 0 aliphatic rings. The van der Waals surface area contributed by atoms with Gasteiger partial charge >= 0.3 is 0 Å². The van der Waals surface area contributed by atoms with Crippen LogP contribution >= 0.6 is 11.8 Å². The van der Waals surface area contributed by atoms with Crippen molar-refractivity contribution in [1.29, 1.82) is 0 Å². The summed E-state index contributed by atoms with van der Waals surface area (Å²) in [6.07, 6.45) is 4.76. The lowest BCUT2D eigenvalue weighted by molar-refractivity contribution is 0.555. The van der Waals surface area contributed by atoms with Crippen molar-refractivity contribution >= 4 is 11.8 Å². The van der Waals surface area contributed by atoms with E-state index in [0.29, 0.717) is 6.04 Å². The zero-order chi connectivity index (χ0) is 11.8. The van der Waals surface area contributed by atoms with E-state index >= 15 is 0 Å². The molecule has 1 rings (SSSR count). The third-order valence-corrected chi connectivity index (χ3v) is 3.50. The standard InChI is InChI=1S/C14H23NS/c1-12-6-8-14(9-7-12)13(2)15-10-4-5-11-16-3/h6-9,13,15H,4-5,10-11H2,1-3H3. The van der Waals surface area contributed by atoms with E-state index in [1.807, 2.05) is 11.8 Å². The van der Waals surface area contributed by atoms with Gasteiger partial charge in [0.1, 0.15) is 0 Å². The summed E-state index contributed by atoms with van der Waals surface area (Å²) < 4.78 is 0. The SMILES string of the molecule is CSCCCCNC(C)c1ccc(C)cc1. The van der Waals surface area contributed by atoms with Crippen LogP contribution in [0.15, 0.2) is 24.3 Å². The van der Waals surface area contributed by atoms with Crippen molar-refractivity contribution in [2.75, 3.05) is 18.6 Å². The van der Waals surface area contributed by atoms with E-state index in [4.69, 9.17) is 0 Å². The van der Waals surface area contributed by atoms with E-state index in [2.05, 4.69) is 49.7 Å². The first-order valence-electron chi connectivity index (χ1n) is 6.03. The summed E-state index contributed by atoms with van der Waals surface area (Å²) in [5, 5.41) is 3.57. The van der Waals surface area contributed by atoms with Crippen LogP contribution in [0.2, 0.25) is 0 Å². The average molecular weight is 237 g/mol. The van der Waals surface area contributed by atoms with Crippen LogP contribution in [0.3, 0.4) is 0 Å². The Morgan fingerprint density at radius 1 is 1.19 bits per heavy atom. The lowest BCUT2D eigenvalue weighted by Gasteiger charge is -2.14. The van der Waals surface area contributed by atoms with Crippen molar-refractivity contribution in [2.45, 2.75) is 32.7 Å². The number of rotatable bonds is 7. The topological polar surface area (TPSA) is 12.0 Å². The van der Waals surface area contributed by atoms with Gasteiger partial charge in [-0.1, -0.05) is 29.8 Å². The Kier molecular flexibility index (Phi) is 6.58. The molecule has 0 amide bonds. The molecule has 1 atom stereocenters. The van der Waals surface area contributed by atoms with Gasteiger partial charge in [-0.05, 0) is 50.8 Å². The predicted molar refractivity (Wildman–Crippen MR) is 75.2 cm³/mol. The maximum absolute atomic E-state index is 3.57. The van der Waals surface area contributed by atoms with Crippen molar-refractivity contribution in [3.05, 3.63) is 35.4 Å². The molecule has 0 aliphatic heterocycles. The first kappa shape index (κ1) is 13.6. The van der Waals surface area contributed by atoms with Crippen LogP contribution < -0.4 is 5.32 Å². The monoisotopic (exact) mass is 237 g/mol. The Balaban J connectivity index is 2.24.